The van der Waals surface area contributed by atoms with E-state index < -0.39 is 6.10 Å². The van der Waals surface area contributed by atoms with Gasteiger partial charge in [-0.15, -0.1) is 0 Å². The molecule has 0 aromatic rings. The van der Waals surface area contributed by atoms with Crippen LogP contribution in [0, 0.1) is 10.8 Å². The molecule has 3 N–H and O–H groups in total. The zero-order chi connectivity index (χ0) is 14.0. The van der Waals surface area contributed by atoms with E-state index in [0.717, 1.165) is 12.8 Å². The van der Waals surface area contributed by atoms with Crippen LogP contribution in [0.4, 0.5) is 4.79 Å². The van der Waals surface area contributed by atoms with Gasteiger partial charge in [-0.1, -0.05) is 41.0 Å². The van der Waals surface area contributed by atoms with Gasteiger partial charge in [-0.2, -0.15) is 0 Å². The summed E-state index contributed by atoms with van der Waals surface area (Å²) in [5.41, 5.74) is -0.0279. The minimum absolute atomic E-state index is 0.168. The number of urea groups is 1. The maximum absolute atomic E-state index is 11.8. The highest BCUT2D eigenvalue weighted by atomic mass is 16.3. The maximum Gasteiger partial charge on any atom is 0.315 e. The fourth-order valence-corrected chi connectivity index (χ4v) is 2.30. The van der Waals surface area contributed by atoms with Crippen molar-refractivity contribution in [1.29, 1.82) is 0 Å². The maximum atomic E-state index is 11.8. The Morgan fingerprint density at radius 3 is 2.50 bits per heavy atom. The average Bonchev–Trinajstić information content (AvgIpc) is 2.53. The number of aliphatic hydroxyl groups excluding tert-OH is 1. The minimum Gasteiger partial charge on any atom is -0.391 e. The van der Waals surface area contributed by atoms with Gasteiger partial charge < -0.3 is 15.7 Å². The van der Waals surface area contributed by atoms with Crippen LogP contribution >= 0.6 is 0 Å². The third-order valence-electron chi connectivity index (χ3n) is 4.02. The van der Waals surface area contributed by atoms with Gasteiger partial charge in [0.05, 0.1) is 6.10 Å². The van der Waals surface area contributed by atoms with E-state index in [0.29, 0.717) is 6.54 Å². The summed E-state index contributed by atoms with van der Waals surface area (Å²) in [6.07, 6.45) is 2.84. The molecule has 18 heavy (non-hydrogen) atoms. The Morgan fingerprint density at radius 2 is 2.06 bits per heavy atom. The molecule has 0 bridgehead atoms. The summed E-state index contributed by atoms with van der Waals surface area (Å²) >= 11 is 0. The first-order valence-electron chi connectivity index (χ1n) is 6.85. The molecule has 0 heterocycles. The van der Waals surface area contributed by atoms with Crippen molar-refractivity contribution in [2.45, 2.75) is 66.0 Å². The number of carbonyl (C=O) groups excluding carboxylic acids is 1. The molecule has 1 fully saturated rings. The minimum atomic E-state index is -0.528. The molecule has 4 nitrogen and oxygen atoms in total. The van der Waals surface area contributed by atoms with Crippen LogP contribution in [0.1, 0.15) is 53.9 Å². The van der Waals surface area contributed by atoms with Crippen molar-refractivity contribution in [3.63, 3.8) is 0 Å². The predicted octanol–water partition coefficient (Wildman–Crippen LogP) is 2.27. The number of aliphatic hydroxyl groups is 1. The van der Waals surface area contributed by atoms with Crippen molar-refractivity contribution in [3.05, 3.63) is 0 Å². The zero-order valence-corrected chi connectivity index (χ0v) is 12.3. The van der Waals surface area contributed by atoms with E-state index in [-0.39, 0.29) is 22.9 Å². The van der Waals surface area contributed by atoms with Crippen molar-refractivity contribution in [2.24, 2.45) is 10.8 Å². The molecule has 1 aliphatic carbocycles. The Labute approximate surface area is 111 Å². The van der Waals surface area contributed by atoms with Gasteiger partial charge in [0.25, 0.3) is 0 Å². The van der Waals surface area contributed by atoms with E-state index in [4.69, 9.17) is 0 Å². The first-order valence-corrected chi connectivity index (χ1v) is 6.85. The fourth-order valence-electron chi connectivity index (χ4n) is 2.30. The highest BCUT2D eigenvalue weighted by Crippen LogP contribution is 2.37. The number of carbonyl (C=O) groups is 1. The average molecular weight is 256 g/mol. The Kier molecular flexibility index (Phi) is 4.65. The van der Waals surface area contributed by atoms with Gasteiger partial charge in [0.2, 0.25) is 0 Å². The van der Waals surface area contributed by atoms with Crippen LogP contribution in [0.15, 0.2) is 0 Å². The van der Waals surface area contributed by atoms with Gasteiger partial charge in [-0.25, -0.2) is 4.79 Å². The molecule has 1 aliphatic rings. The van der Waals surface area contributed by atoms with Crippen molar-refractivity contribution in [1.82, 2.24) is 10.6 Å². The molecule has 4 heteroatoms. The van der Waals surface area contributed by atoms with Gasteiger partial charge in [0.1, 0.15) is 0 Å². The van der Waals surface area contributed by atoms with Crippen molar-refractivity contribution >= 4 is 6.03 Å². The van der Waals surface area contributed by atoms with Crippen LogP contribution in [0.2, 0.25) is 0 Å². The summed E-state index contributed by atoms with van der Waals surface area (Å²) in [5, 5.41) is 15.6. The van der Waals surface area contributed by atoms with Gasteiger partial charge >= 0.3 is 6.03 Å². The summed E-state index contributed by atoms with van der Waals surface area (Å²) < 4.78 is 0. The molecule has 0 aromatic carbocycles. The molecule has 2 amide bonds. The molecule has 2 unspecified atom stereocenters. The lowest BCUT2D eigenvalue weighted by Gasteiger charge is -2.29. The highest BCUT2D eigenvalue weighted by molar-refractivity contribution is 5.74. The van der Waals surface area contributed by atoms with Crippen LogP contribution in [0.25, 0.3) is 0 Å². The molecular formula is C14H28N2O2. The van der Waals surface area contributed by atoms with E-state index >= 15 is 0 Å². The topological polar surface area (TPSA) is 61.4 Å². The first kappa shape index (κ1) is 15.3. The standard InChI is InChI=1S/C14H28N2O2/c1-13(2,3)11(17)9-15-12(18)16-10-7-6-8-14(10,4)5/h10-11,17H,6-9H2,1-5H3,(H2,15,16,18). The van der Waals surface area contributed by atoms with Gasteiger partial charge in [-0.05, 0) is 23.7 Å². The Bertz CT molecular complexity index is 295. The lowest BCUT2D eigenvalue weighted by atomic mass is 9.87. The first-order chi connectivity index (χ1) is 8.13. The number of amides is 2. The number of nitrogens with one attached hydrogen (secondary N) is 2. The van der Waals surface area contributed by atoms with Crippen LogP contribution in [0.3, 0.4) is 0 Å². The molecular weight excluding hydrogens is 228 g/mol. The molecule has 1 saturated carbocycles. The SMILES string of the molecule is CC(C)(C)C(O)CNC(=O)NC1CCCC1(C)C. The van der Waals surface area contributed by atoms with Crippen LogP contribution in [0.5, 0.6) is 0 Å². The summed E-state index contributed by atoms with van der Waals surface area (Å²) in [5.74, 6) is 0. The van der Waals surface area contributed by atoms with Crippen molar-refractivity contribution in [3.8, 4) is 0 Å². The zero-order valence-electron chi connectivity index (χ0n) is 12.3. The number of rotatable bonds is 3. The normalized spacial score (nSPS) is 24.7. The molecule has 0 aromatic heterocycles. The van der Waals surface area contributed by atoms with Crippen LogP contribution in [-0.2, 0) is 0 Å². The third kappa shape index (κ3) is 4.16. The third-order valence-corrected chi connectivity index (χ3v) is 4.02. The Balaban J connectivity index is 2.35. The molecule has 106 valence electrons. The van der Waals surface area contributed by atoms with Crippen molar-refractivity contribution < 1.29 is 9.90 Å². The van der Waals surface area contributed by atoms with E-state index in [2.05, 4.69) is 24.5 Å². The van der Waals surface area contributed by atoms with Gasteiger partial charge in [-0.3, -0.25) is 0 Å². The molecule has 2 atom stereocenters. The highest BCUT2D eigenvalue weighted by Gasteiger charge is 2.35. The van der Waals surface area contributed by atoms with Crippen molar-refractivity contribution in [2.75, 3.05) is 6.54 Å². The summed E-state index contributed by atoms with van der Waals surface area (Å²) in [6.45, 7) is 10.5. The fraction of sp³-hybridized carbons (Fsp3) is 0.929. The summed E-state index contributed by atoms with van der Waals surface area (Å²) in [6, 6.07) is 0.0718. The van der Waals surface area contributed by atoms with E-state index in [1.165, 1.54) is 6.42 Å². The summed E-state index contributed by atoms with van der Waals surface area (Å²) in [4.78, 5) is 11.8. The largest absolute Gasteiger partial charge is 0.391 e. The Hall–Kier alpha value is -0.770. The number of hydrogen-bond acceptors (Lipinski definition) is 2. The lowest BCUT2D eigenvalue weighted by Crippen LogP contribution is -2.49. The second kappa shape index (κ2) is 5.47. The van der Waals surface area contributed by atoms with E-state index in [1.807, 2.05) is 20.8 Å². The van der Waals surface area contributed by atoms with Gasteiger partial charge in [0.15, 0.2) is 0 Å². The van der Waals surface area contributed by atoms with Crippen LogP contribution < -0.4 is 10.6 Å². The van der Waals surface area contributed by atoms with E-state index in [1.54, 1.807) is 0 Å². The quantitative estimate of drug-likeness (QED) is 0.725. The molecule has 0 spiro atoms. The smallest absolute Gasteiger partial charge is 0.315 e. The Morgan fingerprint density at radius 1 is 1.44 bits per heavy atom. The van der Waals surface area contributed by atoms with Crippen LogP contribution in [-0.4, -0.2) is 29.8 Å². The second-order valence-electron chi connectivity index (χ2n) is 7.17. The molecule has 1 rings (SSSR count). The predicted molar refractivity (Wildman–Crippen MR) is 73.4 cm³/mol. The number of hydrogen-bond donors (Lipinski definition) is 3. The van der Waals surface area contributed by atoms with Gasteiger partial charge in [0, 0.05) is 12.6 Å². The lowest BCUT2D eigenvalue weighted by molar-refractivity contribution is 0.0647. The summed E-state index contributed by atoms with van der Waals surface area (Å²) in [7, 11) is 0. The molecule has 0 saturated heterocycles. The monoisotopic (exact) mass is 256 g/mol. The second-order valence-corrected chi connectivity index (χ2v) is 7.17. The molecule has 0 radical (unpaired) electrons. The molecule has 0 aliphatic heterocycles. The van der Waals surface area contributed by atoms with E-state index in [9.17, 15) is 9.90 Å².